The van der Waals surface area contributed by atoms with Crippen molar-refractivity contribution in [3.63, 3.8) is 0 Å². The van der Waals surface area contributed by atoms with E-state index in [1.807, 2.05) is 0 Å². The third-order valence-electron chi connectivity index (χ3n) is 3.40. The molecule has 1 amide bonds. The fourth-order valence-electron chi connectivity index (χ4n) is 2.34. The molecule has 106 valence electrons. The van der Waals surface area contributed by atoms with Crippen LogP contribution >= 0.6 is 22.9 Å². The second kappa shape index (κ2) is 5.41. The summed E-state index contributed by atoms with van der Waals surface area (Å²) in [7, 11) is 0. The molecular weight excluding hydrogens is 302 g/mol. The average Bonchev–Trinajstić information content (AvgIpc) is 3.07. The largest absolute Gasteiger partial charge is 0.434 e. The van der Waals surface area contributed by atoms with Gasteiger partial charge >= 0.3 is 5.76 Å². The van der Waals surface area contributed by atoms with Crippen LogP contribution in [0, 0.1) is 0 Å². The van der Waals surface area contributed by atoms with Crippen LogP contribution in [0.4, 0.5) is 0 Å². The summed E-state index contributed by atoms with van der Waals surface area (Å²) in [5, 5.41) is 8.41. The Morgan fingerprint density at radius 3 is 2.80 bits per heavy atom. The van der Waals surface area contributed by atoms with E-state index >= 15 is 0 Å². The molecule has 1 fully saturated rings. The molecule has 20 heavy (non-hydrogen) atoms. The molecule has 0 radical (unpaired) electrons. The highest BCUT2D eigenvalue weighted by molar-refractivity contribution is 7.12. The van der Waals surface area contributed by atoms with Crippen molar-refractivity contribution >= 4 is 28.8 Å². The molecule has 0 bridgehead atoms. The zero-order chi connectivity index (χ0) is 14.1. The summed E-state index contributed by atoms with van der Waals surface area (Å²) in [6.45, 7) is 1.21. The van der Waals surface area contributed by atoms with Crippen LogP contribution in [0.1, 0.15) is 34.3 Å². The molecule has 0 unspecified atom stereocenters. The van der Waals surface area contributed by atoms with Crippen LogP contribution < -0.4 is 5.76 Å². The summed E-state index contributed by atoms with van der Waals surface area (Å²) < 4.78 is 4.97. The molecule has 6 nitrogen and oxygen atoms in total. The number of nitrogens with one attached hydrogen (secondary N) is 1. The predicted octanol–water partition coefficient (Wildman–Crippen LogP) is 2.10. The summed E-state index contributed by atoms with van der Waals surface area (Å²) in [4.78, 5) is 25.6. The van der Waals surface area contributed by atoms with E-state index in [4.69, 9.17) is 16.0 Å². The topological polar surface area (TPSA) is 79.2 Å². The fraction of sp³-hybridized carbons (Fsp3) is 0.417. The van der Waals surface area contributed by atoms with Gasteiger partial charge in [0.2, 0.25) is 5.89 Å². The van der Waals surface area contributed by atoms with Crippen LogP contribution in [-0.4, -0.2) is 34.1 Å². The van der Waals surface area contributed by atoms with E-state index in [1.54, 1.807) is 16.3 Å². The number of likely N-dealkylation sites (tertiary alicyclic amines) is 1. The molecule has 3 heterocycles. The van der Waals surface area contributed by atoms with Crippen molar-refractivity contribution in [3.05, 3.63) is 37.8 Å². The number of H-pyrrole nitrogens is 1. The molecule has 0 spiro atoms. The number of thiophene rings is 1. The lowest BCUT2D eigenvalue weighted by molar-refractivity contribution is 0.0711. The van der Waals surface area contributed by atoms with Crippen LogP contribution in [0.15, 0.2) is 20.7 Å². The van der Waals surface area contributed by atoms with Crippen molar-refractivity contribution in [2.24, 2.45) is 0 Å². The van der Waals surface area contributed by atoms with Crippen molar-refractivity contribution in [1.82, 2.24) is 15.1 Å². The van der Waals surface area contributed by atoms with Gasteiger partial charge in [0.15, 0.2) is 0 Å². The smallest absolute Gasteiger partial charge is 0.392 e. The first-order valence-electron chi connectivity index (χ1n) is 6.23. The normalized spacial score (nSPS) is 16.6. The fourth-order valence-corrected chi connectivity index (χ4v) is 3.44. The number of hydrogen-bond donors (Lipinski definition) is 1. The van der Waals surface area contributed by atoms with Crippen LogP contribution in [0.5, 0.6) is 0 Å². The highest BCUT2D eigenvalue weighted by Crippen LogP contribution is 2.29. The summed E-state index contributed by atoms with van der Waals surface area (Å²) in [5.74, 6) is -0.0659. The monoisotopic (exact) mass is 313 g/mol. The molecule has 0 aromatic carbocycles. The van der Waals surface area contributed by atoms with E-state index in [9.17, 15) is 9.59 Å². The van der Waals surface area contributed by atoms with Crippen LogP contribution in [-0.2, 0) is 0 Å². The Bertz CT molecular complexity index is 669. The summed E-state index contributed by atoms with van der Waals surface area (Å²) in [5.41, 5.74) is 0. The van der Waals surface area contributed by atoms with E-state index in [0.29, 0.717) is 28.9 Å². The minimum absolute atomic E-state index is 0.0352. The number of hydrogen-bond acceptors (Lipinski definition) is 5. The highest BCUT2D eigenvalue weighted by atomic mass is 35.5. The maximum absolute atomic E-state index is 12.3. The molecule has 3 rings (SSSR count). The number of aromatic amines is 1. The number of halogens is 1. The molecule has 1 N–H and O–H groups in total. The zero-order valence-electron chi connectivity index (χ0n) is 10.5. The van der Waals surface area contributed by atoms with Gasteiger partial charge in [0.05, 0.1) is 5.02 Å². The number of rotatable bonds is 2. The lowest BCUT2D eigenvalue weighted by atomic mass is 9.97. The highest BCUT2D eigenvalue weighted by Gasteiger charge is 2.28. The number of aromatic nitrogens is 2. The van der Waals surface area contributed by atoms with E-state index in [0.717, 1.165) is 12.8 Å². The number of piperidine rings is 1. The van der Waals surface area contributed by atoms with Gasteiger partial charge in [0.1, 0.15) is 4.88 Å². The standard InChI is InChI=1S/C12H12ClN3O3S/c13-8-3-6-20-9(8)11(17)16-4-1-7(2-5-16)10-14-15-12(18)19-10/h3,6-7H,1-2,4-5H2,(H,15,18). The van der Waals surface area contributed by atoms with Gasteiger partial charge in [-0.3, -0.25) is 4.79 Å². The average molecular weight is 314 g/mol. The SMILES string of the molecule is O=C(c1sccc1Cl)N1CCC(c2n[nH]c(=O)o2)CC1. The Balaban J connectivity index is 1.65. The number of amides is 1. The molecule has 1 aliphatic heterocycles. The van der Waals surface area contributed by atoms with Crippen molar-refractivity contribution in [1.29, 1.82) is 0 Å². The molecule has 2 aromatic heterocycles. The van der Waals surface area contributed by atoms with Crippen LogP contribution in [0.3, 0.4) is 0 Å². The maximum Gasteiger partial charge on any atom is 0.434 e. The maximum atomic E-state index is 12.3. The number of carbonyl (C=O) groups excluding carboxylic acids is 1. The first-order chi connectivity index (χ1) is 9.65. The second-order valence-corrected chi connectivity index (χ2v) is 5.94. The summed E-state index contributed by atoms with van der Waals surface area (Å²) >= 11 is 7.33. The quantitative estimate of drug-likeness (QED) is 0.920. The number of nitrogens with zero attached hydrogens (tertiary/aromatic N) is 2. The molecule has 2 aromatic rings. The van der Waals surface area contributed by atoms with Crippen molar-refractivity contribution in [2.75, 3.05) is 13.1 Å². The summed E-state index contributed by atoms with van der Waals surface area (Å²) in [6, 6.07) is 1.73. The van der Waals surface area contributed by atoms with E-state index < -0.39 is 5.76 Å². The molecule has 1 aliphatic rings. The first kappa shape index (κ1) is 13.4. The summed E-state index contributed by atoms with van der Waals surface area (Å²) in [6.07, 6.45) is 1.45. The number of carbonyl (C=O) groups is 1. The second-order valence-electron chi connectivity index (χ2n) is 4.62. The Kier molecular flexibility index (Phi) is 3.62. The Morgan fingerprint density at radius 1 is 1.50 bits per heavy atom. The Hall–Kier alpha value is -1.60. The van der Waals surface area contributed by atoms with E-state index in [1.165, 1.54) is 11.3 Å². The van der Waals surface area contributed by atoms with Gasteiger partial charge in [-0.15, -0.1) is 16.4 Å². The zero-order valence-corrected chi connectivity index (χ0v) is 12.0. The van der Waals surface area contributed by atoms with Crippen molar-refractivity contribution < 1.29 is 9.21 Å². The van der Waals surface area contributed by atoms with E-state index in [-0.39, 0.29) is 11.8 Å². The first-order valence-corrected chi connectivity index (χ1v) is 7.48. The Labute approximate surface area is 123 Å². The molecule has 0 atom stereocenters. The predicted molar refractivity (Wildman–Crippen MR) is 74.3 cm³/mol. The van der Waals surface area contributed by atoms with Crippen molar-refractivity contribution in [3.8, 4) is 0 Å². The van der Waals surface area contributed by atoms with Gasteiger partial charge in [-0.25, -0.2) is 9.89 Å². The third kappa shape index (κ3) is 2.51. The van der Waals surface area contributed by atoms with Gasteiger partial charge < -0.3 is 9.32 Å². The van der Waals surface area contributed by atoms with Gasteiger partial charge in [0.25, 0.3) is 5.91 Å². The third-order valence-corrected chi connectivity index (χ3v) is 4.73. The molecule has 1 saturated heterocycles. The van der Waals surface area contributed by atoms with Gasteiger partial charge in [-0.2, -0.15) is 0 Å². The molecule has 0 saturated carbocycles. The van der Waals surface area contributed by atoms with Crippen LogP contribution in [0.2, 0.25) is 5.02 Å². The molecule has 0 aliphatic carbocycles. The van der Waals surface area contributed by atoms with Gasteiger partial charge in [0, 0.05) is 19.0 Å². The van der Waals surface area contributed by atoms with Crippen molar-refractivity contribution in [2.45, 2.75) is 18.8 Å². The lowest BCUT2D eigenvalue weighted by Crippen LogP contribution is -2.37. The molecule has 8 heteroatoms. The van der Waals surface area contributed by atoms with Gasteiger partial charge in [-0.1, -0.05) is 11.6 Å². The van der Waals surface area contributed by atoms with E-state index in [2.05, 4.69) is 10.2 Å². The minimum atomic E-state index is -0.538. The van der Waals surface area contributed by atoms with Crippen LogP contribution in [0.25, 0.3) is 0 Å². The Morgan fingerprint density at radius 2 is 2.25 bits per heavy atom. The van der Waals surface area contributed by atoms with Gasteiger partial charge in [-0.05, 0) is 24.3 Å². The minimum Gasteiger partial charge on any atom is -0.392 e. The molecular formula is C12H12ClN3O3S. The lowest BCUT2D eigenvalue weighted by Gasteiger charge is -2.30.